The lowest BCUT2D eigenvalue weighted by atomic mass is 10.1. The van der Waals surface area contributed by atoms with Gasteiger partial charge in [0.2, 0.25) is 0 Å². The summed E-state index contributed by atoms with van der Waals surface area (Å²) in [5.41, 5.74) is 1.20. The van der Waals surface area contributed by atoms with Gasteiger partial charge in [0.1, 0.15) is 11.0 Å². The number of halogens is 3. The summed E-state index contributed by atoms with van der Waals surface area (Å²) in [5.74, 6) is -0.899. The summed E-state index contributed by atoms with van der Waals surface area (Å²) in [6, 6.07) is 8.74. The van der Waals surface area contributed by atoms with Crippen molar-refractivity contribution in [2.75, 3.05) is 0 Å². The minimum atomic E-state index is -0.543. The largest absolute Gasteiger partial charge is 0.293 e. The van der Waals surface area contributed by atoms with Gasteiger partial charge in [-0.1, -0.05) is 23.2 Å². The van der Waals surface area contributed by atoms with Crippen LogP contribution in [0.4, 0.5) is 4.39 Å². The molecule has 1 heterocycles. The molecule has 100 valence electrons. The van der Waals surface area contributed by atoms with Crippen LogP contribution in [-0.4, -0.2) is 10.8 Å². The van der Waals surface area contributed by atoms with Crippen molar-refractivity contribution in [1.29, 1.82) is 5.26 Å². The fourth-order valence-corrected chi connectivity index (χ4v) is 2.02. The minimum absolute atomic E-state index is 0.0471. The molecule has 2 aromatic rings. The third kappa shape index (κ3) is 3.13. The topological polar surface area (TPSA) is 53.8 Å². The SMILES string of the molecule is N#CCC(=O)c1cc(Cl)nc(-c2ccc(F)c(Cl)c2)c1. The fraction of sp³-hybridized carbons (Fsp3) is 0.0714. The van der Waals surface area contributed by atoms with Crippen LogP contribution in [0.2, 0.25) is 10.2 Å². The number of nitrogens with zero attached hydrogens (tertiary/aromatic N) is 2. The molecule has 0 N–H and O–H groups in total. The Kier molecular flexibility index (Phi) is 4.33. The number of hydrogen-bond donors (Lipinski definition) is 0. The molecule has 0 unspecified atom stereocenters. The maximum atomic E-state index is 13.1. The standard InChI is InChI=1S/C14H7Cl2FN2O/c15-10-5-8(1-2-11(10)17)12-6-9(7-14(16)19-12)13(20)3-4-18/h1-2,5-7H,3H2. The van der Waals surface area contributed by atoms with Crippen LogP contribution in [0.5, 0.6) is 0 Å². The predicted octanol–water partition coefficient (Wildman–Crippen LogP) is 4.29. The number of aromatic nitrogens is 1. The van der Waals surface area contributed by atoms with Crippen LogP contribution in [0.3, 0.4) is 0 Å². The highest BCUT2D eigenvalue weighted by Crippen LogP contribution is 2.26. The molecule has 2 rings (SSSR count). The monoisotopic (exact) mass is 308 g/mol. The van der Waals surface area contributed by atoms with E-state index in [-0.39, 0.29) is 27.9 Å². The average Bonchev–Trinajstić information content (AvgIpc) is 2.41. The second-order valence-corrected chi connectivity index (χ2v) is 4.75. The van der Waals surface area contributed by atoms with Crippen molar-refractivity contribution in [3.63, 3.8) is 0 Å². The minimum Gasteiger partial charge on any atom is -0.293 e. The van der Waals surface area contributed by atoms with Gasteiger partial charge < -0.3 is 0 Å². The van der Waals surface area contributed by atoms with E-state index < -0.39 is 5.82 Å². The Balaban J connectivity index is 2.49. The van der Waals surface area contributed by atoms with E-state index >= 15 is 0 Å². The van der Waals surface area contributed by atoms with Crippen molar-refractivity contribution in [2.45, 2.75) is 6.42 Å². The van der Waals surface area contributed by atoms with Crippen LogP contribution in [-0.2, 0) is 0 Å². The van der Waals surface area contributed by atoms with Gasteiger partial charge in [-0.3, -0.25) is 4.79 Å². The molecular weight excluding hydrogens is 302 g/mol. The molecule has 0 bridgehead atoms. The second-order valence-electron chi connectivity index (χ2n) is 3.95. The quantitative estimate of drug-likeness (QED) is 0.628. The Morgan fingerprint density at radius 1 is 1.30 bits per heavy atom. The van der Waals surface area contributed by atoms with Gasteiger partial charge in [0.15, 0.2) is 5.78 Å². The first-order valence-corrected chi connectivity index (χ1v) is 6.30. The highest BCUT2D eigenvalue weighted by Gasteiger charge is 2.11. The molecule has 0 saturated heterocycles. The Labute approximate surface area is 124 Å². The molecular formula is C14H7Cl2FN2O. The third-order valence-electron chi connectivity index (χ3n) is 2.57. The fourth-order valence-electron chi connectivity index (χ4n) is 1.64. The first-order chi connectivity index (χ1) is 9.51. The number of hydrogen-bond acceptors (Lipinski definition) is 3. The first-order valence-electron chi connectivity index (χ1n) is 5.54. The molecule has 0 radical (unpaired) electrons. The van der Waals surface area contributed by atoms with E-state index in [0.29, 0.717) is 11.3 Å². The van der Waals surface area contributed by atoms with Gasteiger partial charge in [0.05, 0.1) is 23.2 Å². The highest BCUT2D eigenvalue weighted by atomic mass is 35.5. The Morgan fingerprint density at radius 3 is 2.70 bits per heavy atom. The molecule has 0 amide bonds. The number of carbonyl (C=O) groups excluding carboxylic acids is 1. The number of pyridine rings is 1. The van der Waals surface area contributed by atoms with Crippen molar-refractivity contribution in [2.24, 2.45) is 0 Å². The van der Waals surface area contributed by atoms with Crippen molar-refractivity contribution in [3.8, 4) is 17.3 Å². The average molecular weight is 309 g/mol. The zero-order valence-electron chi connectivity index (χ0n) is 10.0. The van der Waals surface area contributed by atoms with Gasteiger partial charge in [-0.15, -0.1) is 0 Å². The summed E-state index contributed by atoms with van der Waals surface area (Å²) in [6.07, 6.45) is -0.246. The highest BCUT2D eigenvalue weighted by molar-refractivity contribution is 6.31. The summed E-state index contributed by atoms with van der Waals surface area (Å²) in [4.78, 5) is 15.8. The summed E-state index contributed by atoms with van der Waals surface area (Å²) >= 11 is 11.6. The molecule has 6 heteroatoms. The maximum absolute atomic E-state index is 13.1. The Bertz CT molecular complexity index is 726. The van der Waals surface area contributed by atoms with Crippen LogP contribution in [0.25, 0.3) is 11.3 Å². The molecule has 0 saturated carbocycles. The number of ketones is 1. The van der Waals surface area contributed by atoms with Gasteiger partial charge in [-0.25, -0.2) is 9.37 Å². The van der Waals surface area contributed by atoms with Crippen molar-refractivity contribution in [3.05, 3.63) is 51.9 Å². The normalized spacial score (nSPS) is 10.1. The van der Waals surface area contributed by atoms with Crippen molar-refractivity contribution >= 4 is 29.0 Å². The molecule has 1 aromatic carbocycles. The van der Waals surface area contributed by atoms with Crippen LogP contribution in [0, 0.1) is 17.1 Å². The van der Waals surface area contributed by atoms with Gasteiger partial charge in [-0.05, 0) is 30.3 Å². The maximum Gasteiger partial charge on any atom is 0.177 e. The molecule has 0 aliphatic carbocycles. The first kappa shape index (κ1) is 14.4. The van der Waals surface area contributed by atoms with Gasteiger partial charge >= 0.3 is 0 Å². The van der Waals surface area contributed by atoms with Crippen molar-refractivity contribution < 1.29 is 9.18 Å². The van der Waals surface area contributed by atoms with Gasteiger partial charge in [0.25, 0.3) is 0 Å². The number of benzene rings is 1. The number of nitriles is 1. The second kappa shape index (κ2) is 6.00. The molecule has 0 atom stereocenters. The van der Waals surface area contributed by atoms with Crippen LogP contribution in [0.15, 0.2) is 30.3 Å². The molecule has 3 nitrogen and oxygen atoms in total. The Hall–Kier alpha value is -1.96. The lowest BCUT2D eigenvalue weighted by Gasteiger charge is -2.05. The van der Waals surface area contributed by atoms with Crippen LogP contribution in [0.1, 0.15) is 16.8 Å². The predicted molar refractivity (Wildman–Crippen MR) is 74.2 cm³/mol. The summed E-state index contributed by atoms with van der Waals surface area (Å²) in [7, 11) is 0. The number of carbonyl (C=O) groups is 1. The van der Waals surface area contributed by atoms with Crippen LogP contribution >= 0.6 is 23.2 Å². The van der Waals surface area contributed by atoms with E-state index in [4.69, 9.17) is 28.5 Å². The number of rotatable bonds is 3. The van der Waals surface area contributed by atoms with E-state index in [2.05, 4.69) is 4.98 Å². The van der Waals surface area contributed by atoms with Crippen LogP contribution < -0.4 is 0 Å². The molecule has 0 spiro atoms. The Morgan fingerprint density at radius 2 is 2.05 bits per heavy atom. The zero-order chi connectivity index (χ0) is 14.7. The molecule has 0 fully saturated rings. The smallest absolute Gasteiger partial charge is 0.177 e. The molecule has 0 aliphatic heterocycles. The number of Topliss-reactive ketones (excluding diaryl/α,β-unsaturated/α-hetero) is 1. The molecule has 1 aromatic heterocycles. The third-order valence-corrected chi connectivity index (χ3v) is 3.05. The zero-order valence-corrected chi connectivity index (χ0v) is 11.5. The van der Waals surface area contributed by atoms with Gasteiger partial charge in [0, 0.05) is 11.1 Å². The molecule has 0 aliphatic rings. The molecule has 20 heavy (non-hydrogen) atoms. The summed E-state index contributed by atoms with van der Waals surface area (Å²) < 4.78 is 13.1. The summed E-state index contributed by atoms with van der Waals surface area (Å²) in [6.45, 7) is 0. The van der Waals surface area contributed by atoms with E-state index in [1.807, 2.05) is 0 Å². The van der Waals surface area contributed by atoms with E-state index in [0.717, 1.165) is 0 Å². The van der Waals surface area contributed by atoms with Gasteiger partial charge in [-0.2, -0.15) is 5.26 Å². The van der Waals surface area contributed by atoms with E-state index in [1.165, 1.54) is 30.3 Å². The lowest BCUT2D eigenvalue weighted by molar-refractivity contribution is 0.0997. The summed E-state index contributed by atoms with van der Waals surface area (Å²) in [5, 5.41) is 8.61. The lowest BCUT2D eigenvalue weighted by Crippen LogP contribution is -1.99. The van der Waals surface area contributed by atoms with E-state index in [1.54, 1.807) is 6.07 Å². The van der Waals surface area contributed by atoms with E-state index in [9.17, 15) is 9.18 Å². The van der Waals surface area contributed by atoms with Crippen molar-refractivity contribution in [1.82, 2.24) is 4.98 Å².